The highest BCUT2D eigenvalue weighted by Gasteiger charge is 2.19. The van der Waals surface area contributed by atoms with Crippen molar-refractivity contribution in [1.82, 2.24) is 10.6 Å². The number of carbonyl (C=O) groups excluding carboxylic acids is 2. The van der Waals surface area contributed by atoms with Crippen LogP contribution in [-0.4, -0.2) is 31.3 Å². The third kappa shape index (κ3) is 15.1. The molecule has 1 amide bonds. The van der Waals surface area contributed by atoms with E-state index >= 15 is 0 Å². The Kier molecular flexibility index (Phi) is 26.5. The molecule has 0 rings (SSSR count). The van der Waals surface area contributed by atoms with Crippen LogP contribution in [0.1, 0.15) is 55.9 Å². The van der Waals surface area contributed by atoms with Crippen molar-refractivity contribution in [3.05, 3.63) is 0 Å². The van der Waals surface area contributed by atoms with Crippen molar-refractivity contribution in [3.8, 4) is 0 Å². The van der Waals surface area contributed by atoms with Crippen molar-refractivity contribution < 1.29 is 9.59 Å². The van der Waals surface area contributed by atoms with Crippen molar-refractivity contribution in [1.29, 1.82) is 0 Å². The number of rotatable bonds is 5. The second-order valence-electron chi connectivity index (χ2n) is 3.43. The Morgan fingerprint density at radius 3 is 1.67 bits per heavy atom. The summed E-state index contributed by atoms with van der Waals surface area (Å²) < 4.78 is 0. The van der Waals surface area contributed by atoms with E-state index in [-0.39, 0.29) is 37.6 Å². The zero-order valence-electron chi connectivity index (χ0n) is 12.7. The Morgan fingerprint density at radius 2 is 1.44 bits per heavy atom. The van der Waals surface area contributed by atoms with E-state index in [0.717, 1.165) is 0 Å². The second-order valence-corrected chi connectivity index (χ2v) is 3.43. The fraction of sp³-hybridized carbons (Fsp3) is 0.857. The number of Topliss-reactive ketones (excluding diaryl/α,β-unsaturated/α-hetero) is 1. The van der Waals surface area contributed by atoms with Gasteiger partial charge in [0.1, 0.15) is 5.78 Å². The third-order valence-electron chi connectivity index (χ3n) is 1.77. The average molecular weight is 262 g/mol. The first-order chi connectivity index (χ1) is 7.99. The molecule has 4 heteroatoms. The number of hydrogen-bond donors (Lipinski definition) is 2. The molecule has 0 bridgehead atoms. The molecule has 0 heterocycles. The zero-order chi connectivity index (χ0) is 14.4. The summed E-state index contributed by atoms with van der Waals surface area (Å²) in [6.45, 7) is 13.5. The van der Waals surface area contributed by atoms with Gasteiger partial charge in [0.15, 0.2) is 0 Å². The number of ketones is 1. The molecule has 2 N–H and O–H groups in total. The Morgan fingerprint density at radius 1 is 1.06 bits per heavy atom. The molecule has 0 radical (unpaired) electrons. The number of nitrogens with one attached hydrogen (secondary N) is 2. The molecule has 112 valence electrons. The maximum atomic E-state index is 11.4. The standard InChI is InChI=1S/C9H18N2O2.2C2H6.CH4/c1-6(2)8(10-4)9(13)11-5-7(3)12;2*1-2;/h6,8,10H,5H2,1-4H3,(H,11,13);2*1-2H3;1H4. The minimum Gasteiger partial charge on any atom is -0.348 e. The Bertz CT molecular complexity index is 192. The molecular formula is C14H34N2O2. The summed E-state index contributed by atoms with van der Waals surface area (Å²) in [7, 11) is 1.73. The predicted octanol–water partition coefficient (Wildman–Crippen LogP) is 2.62. The highest BCUT2D eigenvalue weighted by Crippen LogP contribution is 2.00. The molecule has 0 aliphatic rings. The lowest BCUT2D eigenvalue weighted by molar-refractivity contribution is -0.126. The van der Waals surface area contributed by atoms with Crippen LogP contribution >= 0.6 is 0 Å². The summed E-state index contributed by atoms with van der Waals surface area (Å²) in [5, 5.41) is 5.47. The minimum absolute atomic E-state index is 0. The summed E-state index contributed by atoms with van der Waals surface area (Å²) in [5.74, 6) is 0.0663. The van der Waals surface area contributed by atoms with Gasteiger partial charge in [-0.2, -0.15) is 0 Å². The summed E-state index contributed by atoms with van der Waals surface area (Å²) in [4.78, 5) is 22.0. The van der Waals surface area contributed by atoms with Crippen LogP contribution in [0.25, 0.3) is 0 Å². The molecular weight excluding hydrogens is 228 g/mol. The van der Waals surface area contributed by atoms with Gasteiger partial charge in [0, 0.05) is 0 Å². The largest absolute Gasteiger partial charge is 0.348 e. The molecule has 18 heavy (non-hydrogen) atoms. The van der Waals surface area contributed by atoms with Gasteiger partial charge in [0.05, 0.1) is 12.6 Å². The second kappa shape index (κ2) is 18.5. The molecule has 1 atom stereocenters. The van der Waals surface area contributed by atoms with Gasteiger partial charge in [-0.25, -0.2) is 0 Å². The van der Waals surface area contributed by atoms with E-state index in [1.807, 2.05) is 41.5 Å². The van der Waals surface area contributed by atoms with Crippen molar-refractivity contribution in [3.63, 3.8) is 0 Å². The number of hydrogen-bond acceptors (Lipinski definition) is 3. The summed E-state index contributed by atoms with van der Waals surface area (Å²) in [6, 6.07) is -0.223. The van der Waals surface area contributed by atoms with E-state index in [4.69, 9.17) is 0 Å². The van der Waals surface area contributed by atoms with Gasteiger partial charge < -0.3 is 10.6 Å². The van der Waals surface area contributed by atoms with Crippen LogP contribution in [0.15, 0.2) is 0 Å². The number of amides is 1. The van der Waals surface area contributed by atoms with Gasteiger partial charge in [-0.3, -0.25) is 9.59 Å². The number of carbonyl (C=O) groups is 2. The smallest absolute Gasteiger partial charge is 0.237 e. The van der Waals surface area contributed by atoms with E-state index in [9.17, 15) is 9.59 Å². The van der Waals surface area contributed by atoms with Crippen LogP contribution in [0.2, 0.25) is 0 Å². The Hall–Kier alpha value is -0.900. The average Bonchev–Trinajstić information content (AvgIpc) is 2.32. The van der Waals surface area contributed by atoms with Crippen LogP contribution < -0.4 is 10.6 Å². The molecule has 0 aromatic carbocycles. The van der Waals surface area contributed by atoms with Crippen molar-refractivity contribution in [2.24, 2.45) is 5.92 Å². The molecule has 0 aliphatic carbocycles. The van der Waals surface area contributed by atoms with E-state index in [1.165, 1.54) is 6.92 Å². The van der Waals surface area contributed by atoms with E-state index < -0.39 is 0 Å². The molecule has 0 saturated carbocycles. The fourth-order valence-electron chi connectivity index (χ4n) is 1.09. The van der Waals surface area contributed by atoms with E-state index in [0.29, 0.717) is 0 Å². The van der Waals surface area contributed by atoms with Crippen LogP contribution in [0.5, 0.6) is 0 Å². The van der Waals surface area contributed by atoms with Gasteiger partial charge >= 0.3 is 0 Å². The van der Waals surface area contributed by atoms with Gasteiger partial charge in [-0.05, 0) is 19.9 Å². The molecule has 4 nitrogen and oxygen atoms in total. The Labute approximate surface area is 114 Å². The highest BCUT2D eigenvalue weighted by molar-refractivity contribution is 5.87. The minimum atomic E-state index is -0.223. The molecule has 0 aromatic heterocycles. The Balaban J connectivity index is -0.000000177. The van der Waals surface area contributed by atoms with E-state index in [2.05, 4.69) is 10.6 Å². The zero-order valence-corrected chi connectivity index (χ0v) is 12.7. The SMILES string of the molecule is C.CC.CC.CNC(C(=O)NCC(C)=O)C(C)C. The molecule has 0 spiro atoms. The van der Waals surface area contributed by atoms with Crippen molar-refractivity contribution >= 4 is 11.7 Å². The van der Waals surface area contributed by atoms with Crippen molar-refractivity contribution in [2.45, 2.75) is 61.9 Å². The number of likely N-dealkylation sites (N-methyl/N-ethyl adjacent to an activating group) is 1. The summed E-state index contributed by atoms with van der Waals surface area (Å²) in [6.07, 6.45) is 0. The molecule has 1 unspecified atom stereocenters. The van der Waals surface area contributed by atoms with E-state index in [1.54, 1.807) is 7.05 Å². The van der Waals surface area contributed by atoms with Crippen LogP contribution in [-0.2, 0) is 9.59 Å². The lowest BCUT2D eigenvalue weighted by Crippen LogP contribution is -2.46. The van der Waals surface area contributed by atoms with Gasteiger partial charge in [0.25, 0.3) is 0 Å². The van der Waals surface area contributed by atoms with Gasteiger partial charge in [-0.1, -0.05) is 49.0 Å². The van der Waals surface area contributed by atoms with Crippen LogP contribution in [0.3, 0.4) is 0 Å². The first-order valence-corrected chi connectivity index (χ1v) is 6.43. The van der Waals surface area contributed by atoms with Gasteiger partial charge in [-0.15, -0.1) is 0 Å². The van der Waals surface area contributed by atoms with Crippen LogP contribution in [0.4, 0.5) is 0 Å². The van der Waals surface area contributed by atoms with Crippen LogP contribution in [0, 0.1) is 5.92 Å². The normalized spacial score (nSPS) is 9.83. The van der Waals surface area contributed by atoms with Crippen molar-refractivity contribution in [2.75, 3.05) is 13.6 Å². The quantitative estimate of drug-likeness (QED) is 0.801. The maximum absolute atomic E-state index is 11.4. The lowest BCUT2D eigenvalue weighted by atomic mass is 10.0. The predicted molar refractivity (Wildman–Crippen MR) is 80.8 cm³/mol. The third-order valence-corrected chi connectivity index (χ3v) is 1.77. The molecule has 0 aliphatic heterocycles. The topological polar surface area (TPSA) is 58.2 Å². The molecule has 0 fully saturated rings. The van der Waals surface area contributed by atoms with Gasteiger partial charge in [0.2, 0.25) is 5.91 Å². The molecule has 0 aromatic rings. The molecule has 0 saturated heterocycles. The monoisotopic (exact) mass is 262 g/mol. The summed E-state index contributed by atoms with van der Waals surface area (Å²) >= 11 is 0. The fourth-order valence-corrected chi connectivity index (χ4v) is 1.09. The highest BCUT2D eigenvalue weighted by atomic mass is 16.2. The summed E-state index contributed by atoms with van der Waals surface area (Å²) in [5.41, 5.74) is 0. The lowest BCUT2D eigenvalue weighted by Gasteiger charge is -2.18. The first kappa shape index (κ1) is 25.8. The first-order valence-electron chi connectivity index (χ1n) is 6.43. The maximum Gasteiger partial charge on any atom is 0.237 e.